The summed E-state index contributed by atoms with van der Waals surface area (Å²) in [4.78, 5) is 29.5. The van der Waals surface area contributed by atoms with Crippen LogP contribution in [0.4, 0.5) is 10.5 Å². The van der Waals surface area contributed by atoms with Crippen molar-refractivity contribution in [2.45, 2.75) is 38.3 Å². The van der Waals surface area contributed by atoms with Crippen molar-refractivity contribution in [3.8, 4) is 5.75 Å². The summed E-state index contributed by atoms with van der Waals surface area (Å²) in [6.07, 6.45) is 3.35. The Morgan fingerprint density at radius 3 is 2.36 bits per heavy atom. The van der Waals surface area contributed by atoms with E-state index in [-0.39, 0.29) is 23.9 Å². The number of amides is 3. The lowest BCUT2D eigenvalue weighted by Gasteiger charge is -2.35. The molecule has 33 heavy (non-hydrogen) atoms. The molecule has 2 fully saturated rings. The highest BCUT2D eigenvalue weighted by Crippen LogP contribution is 2.21. The highest BCUT2D eigenvalue weighted by Gasteiger charge is 2.29. The van der Waals surface area contributed by atoms with Gasteiger partial charge in [-0.05, 0) is 55.5 Å². The number of hydrogen-bond donors (Lipinski definition) is 2. The van der Waals surface area contributed by atoms with Crippen molar-refractivity contribution < 1.29 is 14.3 Å². The van der Waals surface area contributed by atoms with E-state index >= 15 is 0 Å². The van der Waals surface area contributed by atoms with Crippen LogP contribution in [0, 0.1) is 5.92 Å². The number of methoxy groups -OCH3 is 1. The van der Waals surface area contributed by atoms with Gasteiger partial charge in [0.15, 0.2) is 0 Å². The number of benzene rings is 2. The van der Waals surface area contributed by atoms with Crippen LogP contribution in [-0.2, 0) is 11.3 Å². The monoisotopic (exact) mass is 450 g/mol. The fourth-order valence-electron chi connectivity index (χ4n) is 4.65. The average molecular weight is 451 g/mol. The Kier molecular flexibility index (Phi) is 7.83. The molecular formula is C26H34N4O3. The van der Waals surface area contributed by atoms with Crippen LogP contribution in [0.2, 0.25) is 0 Å². The summed E-state index contributed by atoms with van der Waals surface area (Å²) in [5, 5.41) is 6.19. The fourth-order valence-corrected chi connectivity index (χ4v) is 4.65. The number of carbonyl (C=O) groups is 2. The fraction of sp³-hybridized carbons (Fsp3) is 0.462. The third-order valence-corrected chi connectivity index (χ3v) is 6.65. The van der Waals surface area contributed by atoms with Gasteiger partial charge < -0.3 is 20.3 Å². The number of carbonyl (C=O) groups excluding carboxylic acids is 2. The van der Waals surface area contributed by atoms with Crippen LogP contribution in [0.3, 0.4) is 0 Å². The molecule has 2 aromatic carbocycles. The average Bonchev–Trinajstić information content (AvgIpc) is 2.86. The molecule has 2 aliphatic heterocycles. The lowest BCUT2D eigenvalue weighted by atomic mass is 9.94. The molecule has 0 atom stereocenters. The van der Waals surface area contributed by atoms with Crippen LogP contribution in [-0.4, -0.2) is 61.1 Å². The molecule has 2 saturated heterocycles. The largest absolute Gasteiger partial charge is 0.497 e. The highest BCUT2D eigenvalue weighted by atomic mass is 16.5. The summed E-state index contributed by atoms with van der Waals surface area (Å²) in [7, 11) is 1.69. The zero-order chi connectivity index (χ0) is 23.0. The Balaban J connectivity index is 1.16. The molecule has 2 aliphatic rings. The third-order valence-electron chi connectivity index (χ3n) is 6.65. The van der Waals surface area contributed by atoms with E-state index in [2.05, 4.69) is 27.7 Å². The van der Waals surface area contributed by atoms with E-state index in [1.165, 1.54) is 5.56 Å². The maximum absolute atomic E-state index is 12.8. The van der Waals surface area contributed by atoms with Crippen molar-refractivity contribution in [2.24, 2.45) is 5.92 Å². The maximum Gasteiger partial charge on any atom is 0.321 e. The second-order valence-corrected chi connectivity index (χ2v) is 8.97. The Labute approximate surface area is 196 Å². The molecule has 0 aliphatic carbocycles. The zero-order valence-corrected chi connectivity index (χ0v) is 19.3. The minimum atomic E-state index is -0.0940. The van der Waals surface area contributed by atoms with E-state index in [9.17, 15) is 9.59 Å². The predicted molar refractivity (Wildman–Crippen MR) is 129 cm³/mol. The van der Waals surface area contributed by atoms with Crippen LogP contribution in [0.5, 0.6) is 5.75 Å². The standard InChI is InChI=1S/C26H34N4O3/c1-33-24-9-5-6-20(18-24)19-29-14-12-23(13-15-29)27-25(31)21-10-16-30(17-11-21)26(32)28-22-7-3-2-4-8-22/h2-9,18,21,23H,10-17,19H2,1H3,(H,27,31)(H,28,32). The first kappa shape index (κ1) is 23.1. The van der Waals surface area contributed by atoms with Crippen LogP contribution >= 0.6 is 0 Å². The van der Waals surface area contributed by atoms with Gasteiger partial charge in [0.25, 0.3) is 0 Å². The number of rotatable bonds is 6. The topological polar surface area (TPSA) is 73.9 Å². The SMILES string of the molecule is COc1cccc(CN2CCC(NC(=O)C3CCN(C(=O)Nc4ccccc4)CC3)CC2)c1. The first-order chi connectivity index (χ1) is 16.1. The number of ether oxygens (including phenoxy) is 1. The Morgan fingerprint density at radius 2 is 1.67 bits per heavy atom. The second-order valence-electron chi connectivity index (χ2n) is 8.97. The molecule has 0 bridgehead atoms. The minimum Gasteiger partial charge on any atom is -0.497 e. The van der Waals surface area contributed by atoms with Crippen LogP contribution < -0.4 is 15.4 Å². The molecule has 2 heterocycles. The van der Waals surface area contributed by atoms with Gasteiger partial charge in [0.1, 0.15) is 5.75 Å². The summed E-state index contributed by atoms with van der Waals surface area (Å²) in [6.45, 7) is 4.06. The molecule has 0 aromatic heterocycles. The quantitative estimate of drug-likeness (QED) is 0.704. The zero-order valence-electron chi connectivity index (χ0n) is 19.3. The summed E-state index contributed by atoms with van der Waals surface area (Å²) >= 11 is 0. The van der Waals surface area contributed by atoms with Gasteiger partial charge >= 0.3 is 6.03 Å². The number of nitrogens with one attached hydrogen (secondary N) is 2. The molecule has 7 heteroatoms. The Bertz CT molecular complexity index is 920. The van der Waals surface area contributed by atoms with Crippen molar-refractivity contribution in [1.82, 2.24) is 15.1 Å². The van der Waals surface area contributed by atoms with Gasteiger partial charge in [0.2, 0.25) is 5.91 Å². The van der Waals surface area contributed by atoms with Gasteiger partial charge in [-0.2, -0.15) is 0 Å². The van der Waals surface area contributed by atoms with Gasteiger partial charge in [-0.15, -0.1) is 0 Å². The number of nitrogens with zero attached hydrogens (tertiary/aromatic N) is 2. The molecule has 176 valence electrons. The van der Waals surface area contributed by atoms with Crippen molar-refractivity contribution in [1.29, 1.82) is 0 Å². The molecule has 4 rings (SSSR count). The first-order valence-electron chi connectivity index (χ1n) is 11.9. The van der Waals surface area contributed by atoms with Gasteiger partial charge in [0, 0.05) is 50.4 Å². The smallest absolute Gasteiger partial charge is 0.321 e. The molecular weight excluding hydrogens is 416 g/mol. The van der Waals surface area contributed by atoms with Gasteiger partial charge in [-0.1, -0.05) is 30.3 Å². The number of piperidine rings is 2. The van der Waals surface area contributed by atoms with E-state index < -0.39 is 0 Å². The maximum atomic E-state index is 12.8. The predicted octanol–water partition coefficient (Wildman–Crippen LogP) is 3.72. The lowest BCUT2D eigenvalue weighted by Crippen LogP contribution is -2.49. The van der Waals surface area contributed by atoms with E-state index in [0.29, 0.717) is 25.9 Å². The van der Waals surface area contributed by atoms with Crippen molar-refractivity contribution in [2.75, 3.05) is 38.6 Å². The van der Waals surface area contributed by atoms with Crippen LogP contribution in [0.15, 0.2) is 54.6 Å². The van der Waals surface area contributed by atoms with E-state index in [0.717, 1.165) is 43.9 Å². The molecule has 2 aromatic rings. The normalized spacial score (nSPS) is 18.0. The number of urea groups is 1. The number of likely N-dealkylation sites (tertiary alicyclic amines) is 2. The molecule has 2 N–H and O–H groups in total. The second kappa shape index (κ2) is 11.2. The van der Waals surface area contributed by atoms with Crippen LogP contribution in [0.1, 0.15) is 31.2 Å². The van der Waals surface area contributed by atoms with Crippen molar-refractivity contribution >= 4 is 17.6 Å². The molecule has 3 amide bonds. The molecule has 7 nitrogen and oxygen atoms in total. The van der Waals surface area contributed by atoms with E-state index in [4.69, 9.17) is 4.74 Å². The van der Waals surface area contributed by atoms with Crippen LogP contribution in [0.25, 0.3) is 0 Å². The summed E-state index contributed by atoms with van der Waals surface area (Å²) in [5.74, 6) is 1.02. The van der Waals surface area contributed by atoms with Gasteiger partial charge in [0.05, 0.1) is 7.11 Å². The number of hydrogen-bond acceptors (Lipinski definition) is 4. The highest BCUT2D eigenvalue weighted by molar-refractivity contribution is 5.89. The molecule has 0 unspecified atom stereocenters. The van der Waals surface area contributed by atoms with Crippen molar-refractivity contribution in [3.05, 3.63) is 60.2 Å². The van der Waals surface area contributed by atoms with Gasteiger partial charge in [-0.25, -0.2) is 4.79 Å². The summed E-state index contributed by atoms with van der Waals surface area (Å²) < 4.78 is 5.32. The van der Waals surface area contributed by atoms with E-state index in [1.807, 2.05) is 42.5 Å². The summed E-state index contributed by atoms with van der Waals surface area (Å²) in [5.41, 5.74) is 2.04. The Morgan fingerprint density at radius 1 is 0.939 bits per heavy atom. The lowest BCUT2D eigenvalue weighted by molar-refractivity contribution is -0.127. The molecule has 0 radical (unpaired) electrons. The molecule has 0 spiro atoms. The third kappa shape index (κ3) is 6.48. The van der Waals surface area contributed by atoms with E-state index in [1.54, 1.807) is 12.0 Å². The van der Waals surface area contributed by atoms with Gasteiger partial charge in [-0.3, -0.25) is 9.69 Å². The minimum absolute atomic E-state index is 0.0133. The number of para-hydroxylation sites is 1. The van der Waals surface area contributed by atoms with Crippen molar-refractivity contribution in [3.63, 3.8) is 0 Å². The number of anilines is 1. The Hall–Kier alpha value is -3.06. The molecule has 0 saturated carbocycles. The summed E-state index contributed by atoms with van der Waals surface area (Å²) in [6, 6.07) is 17.8. The first-order valence-corrected chi connectivity index (χ1v) is 11.9.